The van der Waals surface area contributed by atoms with Gasteiger partial charge in [0.05, 0.1) is 6.61 Å². The molecule has 0 atom stereocenters. The second kappa shape index (κ2) is 8.21. The van der Waals surface area contributed by atoms with E-state index in [9.17, 15) is 0 Å². The van der Waals surface area contributed by atoms with E-state index in [1.54, 1.807) is 0 Å². The third kappa shape index (κ3) is 6.63. The zero-order valence-corrected chi connectivity index (χ0v) is 12.7. The summed E-state index contributed by atoms with van der Waals surface area (Å²) in [5.41, 5.74) is 7.35. The van der Waals surface area contributed by atoms with E-state index in [1.807, 2.05) is 0 Å². The Morgan fingerprint density at radius 3 is 2.37 bits per heavy atom. The SMILES string of the molecule is CCCCc1ccc(OCCCC(C)(C)CN)cc1. The summed E-state index contributed by atoms with van der Waals surface area (Å²) < 4.78 is 5.76. The maximum absolute atomic E-state index is 5.76. The molecule has 19 heavy (non-hydrogen) atoms. The van der Waals surface area contributed by atoms with Gasteiger partial charge in [0, 0.05) is 0 Å². The molecule has 2 nitrogen and oxygen atoms in total. The molecule has 0 aromatic heterocycles. The van der Waals surface area contributed by atoms with Crippen LogP contribution in [0, 0.1) is 5.41 Å². The number of benzene rings is 1. The summed E-state index contributed by atoms with van der Waals surface area (Å²) in [4.78, 5) is 0. The fourth-order valence-corrected chi connectivity index (χ4v) is 1.98. The van der Waals surface area contributed by atoms with Crippen LogP contribution in [0.3, 0.4) is 0 Å². The molecule has 0 fully saturated rings. The highest BCUT2D eigenvalue weighted by atomic mass is 16.5. The van der Waals surface area contributed by atoms with Gasteiger partial charge in [-0.15, -0.1) is 0 Å². The number of hydrogen-bond donors (Lipinski definition) is 1. The second-order valence-electron chi connectivity index (χ2n) is 6.07. The molecular weight excluding hydrogens is 234 g/mol. The van der Waals surface area contributed by atoms with Gasteiger partial charge < -0.3 is 10.5 Å². The first-order chi connectivity index (χ1) is 9.07. The van der Waals surface area contributed by atoms with Gasteiger partial charge >= 0.3 is 0 Å². The Morgan fingerprint density at radius 1 is 1.11 bits per heavy atom. The van der Waals surface area contributed by atoms with E-state index in [0.29, 0.717) is 0 Å². The Bertz CT molecular complexity index is 343. The Balaban J connectivity index is 2.26. The highest BCUT2D eigenvalue weighted by Crippen LogP contribution is 2.21. The van der Waals surface area contributed by atoms with Crippen LogP contribution in [0.2, 0.25) is 0 Å². The first kappa shape index (κ1) is 16.0. The fourth-order valence-electron chi connectivity index (χ4n) is 1.98. The molecule has 0 aliphatic rings. The third-order valence-electron chi connectivity index (χ3n) is 3.56. The lowest BCUT2D eigenvalue weighted by atomic mass is 9.88. The van der Waals surface area contributed by atoms with Gasteiger partial charge in [-0.1, -0.05) is 39.3 Å². The molecule has 108 valence electrons. The Kier molecular flexibility index (Phi) is 6.93. The summed E-state index contributed by atoms with van der Waals surface area (Å²) in [5.74, 6) is 0.978. The van der Waals surface area contributed by atoms with Crippen molar-refractivity contribution in [3.8, 4) is 5.75 Å². The molecule has 0 spiro atoms. The molecule has 0 unspecified atom stereocenters. The predicted octanol–water partition coefficient (Wildman–Crippen LogP) is 4.17. The standard InChI is InChI=1S/C17H29NO/c1-4-5-7-15-8-10-16(11-9-15)19-13-6-12-17(2,3)14-18/h8-11H,4-7,12-14,18H2,1-3H3. The molecule has 0 bridgehead atoms. The molecule has 0 heterocycles. The summed E-state index contributed by atoms with van der Waals surface area (Å²) in [6.45, 7) is 8.14. The van der Waals surface area contributed by atoms with Crippen molar-refractivity contribution in [2.24, 2.45) is 11.1 Å². The Morgan fingerprint density at radius 2 is 1.79 bits per heavy atom. The van der Waals surface area contributed by atoms with Crippen molar-refractivity contribution in [2.45, 2.75) is 52.9 Å². The van der Waals surface area contributed by atoms with E-state index in [0.717, 1.165) is 31.7 Å². The van der Waals surface area contributed by atoms with E-state index in [-0.39, 0.29) is 5.41 Å². The van der Waals surface area contributed by atoms with Gasteiger partial charge in [0.2, 0.25) is 0 Å². The molecule has 0 aliphatic heterocycles. The minimum Gasteiger partial charge on any atom is -0.494 e. The lowest BCUT2D eigenvalue weighted by Gasteiger charge is -2.21. The van der Waals surface area contributed by atoms with Crippen LogP contribution < -0.4 is 10.5 Å². The molecule has 2 heteroatoms. The molecule has 1 aromatic carbocycles. The molecular formula is C17H29NO. The Hall–Kier alpha value is -1.02. The predicted molar refractivity (Wildman–Crippen MR) is 82.6 cm³/mol. The van der Waals surface area contributed by atoms with E-state index in [2.05, 4.69) is 45.0 Å². The minimum atomic E-state index is 0.230. The number of hydrogen-bond acceptors (Lipinski definition) is 2. The highest BCUT2D eigenvalue weighted by Gasteiger charge is 2.14. The zero-order chi connectivity index (χ0) is 14.1. The van der Waals surface area contributed by atoms with Crippen LogP contribution in [0.4, 0.5) is 0 Å². The largest absolute Gasteiger partial charge is 0.494 e. The van der Waals surface area contributed by atoms with Gasteiger partial charge in [-0.05, 0) is 55.3 Å². The van der Waals surface area contributed by atoms with Gasteiger partial charge in [0.15, 0.2) is 0 Å². The Labute approximate surface area is 118 Å². The van der Waals surface area contributed by atoms with Crippen molar-refractivity contribution in [3.63, 3.8) is 0 Å². The molecule has 1 rings (SSSR count). The van der Waals surface area contributed by atoms with Crippen LogP contribution in [0.15, 0.2) is 24.3 Å². The van der Waals surface area contributed by atoms with Gasteiger partial charge in [-0.3, -0.25) is 0 Å². The van der Waals surface area contributed by atoms with Gasteiger partial charge in [0.25, 0.3) is 0 Å². The lowest BCUT2D eigenvalue weighted by Crippen LogP contribution is -2.23. The van der Waals surface area contributed by atoms with Crippen LogP contribution >= 0.6 is 0 Å². The monoisotopic (exact) mass is 263 g/mol. The van der Waals surface area contributed by atoms with E-state index in [4.69, 9.17) is 10.5 Å². The van der Waals surface area contributed by atoms with Crippen molar-refractivity contribution in [1.82, 2.24) is 0 Å². The molecule has 0 saturated carbocycles. The third-order valence-corrected chi connectivity index (χ3v) is 3.56. The summed E-state index contributed by atoms with van der Waals surface area (Å²) in [6, 6.07) is 8.52. The quantitative estimate of drug-likeness (QED) is 0.679. The average molecular weight is 263 g/mol. The van der Waals surface area contributed by atoms with Crippen LogP contribution in [0.25, 0.3) is 0 Å². The maximum atomic E-state index is 5.76. The average Bonchev–Trinajstić information content (AvgIpc) is 2.42. The summed E-state index contributed by atoms with van der Waals surface area (Å²) in [5, 5.41) is 0. The smallest absolute Gasteiger partial charge is 0.119 e. The number of aryl methyl sites for hydroxylation is 1. The van der Waals surface area contributed by atoms with Crippen LogP contribution in [0.1, 0.15) is 52.0 Å². The van der Waals surface area contributed by atoms with Gasteiger partial charge in [-0.25, -0.2) is 0 Å². The second-order valence-corrected chi connectivity index (χ2v) is 6.07. The number of rotatable bonds is 9. The van der Waals surface area contributed by atoms with Crippen molar-refractivity contribution >= 4 is 0 Å². The number of nitrogens with two attached hydrogens (primary N) is 1. The summed E-state index contributed by atoms with van der Waals surface area (Å²) in [7, 11) is 0. The number of unbranched alkanes of at least 4 members (excludes halogenated alkanes) is 1. The molecule has 0 aliphatic carbocycles. The van der Waals surface area contributed by atoms with Gasteiger partial charge in [-0.2, -0.15) is 0 Å². The number of ether oxygens (including phenoxy) is 1. The zero-order valence-electron chi connectivity index (χ0n) is 12.7. The molecule has 0 amide bonds. The van der Waals surface area contributed by atoms with Crippen LogP contribution in [0.5, 0.6) is 5.75 Å². The van der Waals surface area contributed by atoms with Crippen molar-refractivity contribution in [3.05, 3.63) is 29.8 Å². The maximum Gasteiger partial charge on any atom is 0.119 e. The first-order valence-electron chi connectivity index (χ1n) is 7.49. The minimum absolute atomic E-state index is 0.230. The van der Waals surface area contributed by atoms with Crippen molar-refractivity contribution in [1.29, 1.82) is 0 Å². The topological polar surface area (TPSA) is 35.2 Å². The molecule has 0 saturated heterocycles. The first-order valence-corrected chi connectivity index (χ1v) is 7.49. The lowest BCUT2D eigenvalue weighted by molar-refractivity contribution is 0.261. The van der Waals surface area contributed by atoms with Crippen molar-refractivity contribution < 1.29 is 4.74 Å². The van der Waals surface area contributed by atoms with Crippen LogP contribution in [-0.2, 0) is 6.42 Å². The fraction of sp³-hybridized carbons (Fsp3) is 0.647. The molecule has 0 radical (unpaired) electrons. The molecule has 2 N–H and O–H groups in total. The summed E-state index contributed by atoms with van der Waals surface area (Å²) in [6.07, 6.45) is 5.84. The van der Waals surface area contributed by atoms with Crippen molar-refractivity contribution in [2.75, 3.05) is 13.2 Å². The normalized spacial score (nSPS) is 11.6. The van der Waals surface area contributed by atoms with E-state index < -0.39 is 0 Å². The van der Waals surface area contributed by atoms with E-state index in [1.165, 1.54) is 24.8 Å². The summed E-state index contributed by atoms with van der Waals surface area (Å²) >= 11 is 0. The van der Waals surface area contributed by atoms with Crippen LogP contribution in [-0.4, -0.2) is 13.2 Å². The molecule has 1 aromatic rings. The highest BCUT2D eigenvalue weighted by molar-refractivity contribution is 5.27. The van der Waals surface area contributed by atoms with E-state index >= 15 is 0 Å². The van der Waals surface area contributed by atoms with Gasteiger partial charge in [0.1, 0.15) is 5.75 Å².